The van der Waals surface area contributed by atoms with Gasteiger partial charge in [0.05, 0.1) is 5.69 Å². The van der Waals surface area contributed by atoms with E-state index < -0.39 is 6.09 Å². The van der Waals surface area contributed by atoms with Gasteiger partial charge in [-0.1, -0.05) is 0 Å². The average molecular weight is 167 g/mol. The van der Waals surface area contributed by atoms with Crippen LogP contribution in [0.2, 0.25) is 0 Å². The molecular formula is C7H9N3O2. The van der Waals surface area contributed by atoms with E-state index in [1.807, 2.05) is 0 Å². The van der Waals surface area contributed by atoms with Crippen LogP contribution in [0.25, 0.3) is 0 Å². The van der Waals surface area contributed by atoms with E-state index in [1.54, 1.807) is 18.3 Å². The second kappa shape index (κ2) is 3.68. The number of pyridine rings is 1. The Morgan fingerprint density at radius 1 is 1.67 bits per heavy atom. The predicted octanol–water partition coefficient (Wildman–Crippen LogP) is -0.00220. The molecule has 1 aromatic rings. The Balaban J connectivity index is 2.89. The van der Waals surface area contributed by atoms with E-state index >= 15 is 0 Å². The Morgan fingerprint density at radius 2 is 2.42 bits per heavy atom. The SMILES string of the molecule is NCc1ncccc1OC(N)=O. The lowest BCUT2D eigenvalue weighted by atomic mass is 10.3. The van der Waals surface area contributed by atoms with Crippen LogP contribution >= 0.6 is 0 Å². The zero-order valence-electron chi connectivity index (χ0n) is 6.36. The van der Waals surface area contributed by atoms with Gasteiger partial charge in [-0.15, -0.1) is 0 Å². The van der Waals surface area contributed by atoms with Crippen molar-refractivity contribution >= 4 is 6.09 Å². The van der Waals surface area contributed by atoms with Gasteiger partial charge in [0.25, 0.3) is 0 Å². The highest BCUT2D eigenvalue weighted by atomic mass is 16.5. The largest absolute Gasteiger partial charge is 0.410 e. The number of nitrogens with two attached hydrogens (primary N) is 2. The molecule has 5 heteroatoms. The third-order valence-electron chi connectivity index (χ3n) is 1.25. The monoisotopic (exact) mass is 167 g/mol. The molecule has 0 spiro atoms. The molecule has 0 aliphatic rings. The first-order valence-electron chi connectivity index (χ1n) is 3.35. The number of amides is 1. The molecule has 0 unspecified atom stereocenters. The van der Waals surface area contributed by atoms with E-state index in [1.165, 1.54) is 0 Å². The molecule has 0 aliphatic carbocycles. The Morgan fingerprint density at radius 3 is 3.00 bits per heavy atom. The minimum absolute atomic E-state index is 0.212. The fraction of sp³-hybridized carbons (Fsp3) is 0.143. The van der Waals surface area contributed by atoms with Crippen LogP contribution in [0.1, 0.15) is 5.69 Å². The first-order chi connectivity index (χ1) is 5.74. The van der Waals surface area contributed by atoms with Gasteiger partial charge in [0.2, 0.25) is 0 Å². The average Bonchev–Trinajstić information content (AvgIpc) is 2.04. The molecule has 0 radical (unpaired) electrons. The number of carbonyl (C=O) groups is 1. The molecule has 0 saturated carbocycles. The summed E-state index contributed by atoms with van der Waals surface area (Å²) in [4.78, 5) is 14.3. The van der Waals surface area contributed by atoms with Gasteiger partial charge in [-0.2, -0.15) is 0 Å². The molecule has 0 atom stereocenters. The van der Waals surface area contributed by atoms with Crippen molar-refractivity contribution in [3.05, 3.63) is 24.0 Å². The van der Waals surface area contributed by atoms with Crippen molar-refractivity contribution in [3.8, 4) is 5.75 Å². The zero-order valence-corrected chi connectivity index (χ0v) is 6.36. The maximum absolute atomic E-state index is 10.4. The second-order valence-electron chi connectivity index (χ2n) is 2.07. The highest BCUT2D eigenvalue weighted by Gasteiger charge is 2.04. The summed E-state index contributed by atoms with van der Waals surface area (Å²) in [7, 11) is 0. The summed E-state index contributed by atoms with van der Waals surface area (Å²) in [6.07, 6.45) is 0.702. The molecule has 64 valence electrons. The van der Waals surface area contributed by atoms with Gasteiger partial charge in [-0.05, 0) is 12.1 Å². The smallest absolute Gasteiger partial charge is 0.408 e. The number of primary amides is 1. The topological polar surface area (TPSA) is 91.2 Å². The van der Waals surface area contributed by atoms with E-state index in [0.717, 1.165) is 0 Å². The first kappa shape index (κ1) is 8.48. The lowest BCUT2D eigenvalue weighted by Crippen LogP contribution is -2.18. The quantitative estimate of drug-likeness (QED) is 0.648. The van der Waals surface area contributed by atoms with Crippen LogP contribution in [0.15, 0.2) is 18.3 Å². The summed E-state index contributed by atoms with van der Waals surface area (Å²) in [6, 6.07) is 3.22. The molecule has 1 amide bonds. The van der Waals surface area contributed by atoms with E-state index in [-0.39, 0.29) is 6.54 Å². The van der Waals surface area contributed by atoms with Crippen LogP contribution in [0, 0.1) is 0 Å². The zero-order chi connectivity index (χ0) is 8.97. The Kier molecular flexibility index (Phi) is 2.60. The summed E-state index contributed by atoms with van der Waals surface area (Å²) < 4.78 is 4.63. The number of nitrogens with zero attached hydrogens (tertiary/aromatic N) is 1. The molecule has 0 aromatic carbocycles. The number of rotatable bonds is 2. The maximum Gasteiger partial charge on any atom is 0.410 e. The fourth-order valence-corrected chi connectivity index (χ4v) is 0.778. The van der Waals surface area contributed by atoms with E-state index in [9.17, 15) is 4.79 Å². The third-order valence-corrected chi connectivity index (χ3v) is 1.25. The molecule has 5 nitrogen and oxygen atoms in total. The standard InChI is InChI=1S/C7H9N3O2/c8-4-5-6(12-7(9)11)2-1-3-10-5/h1-3H,4,8H2,(H2,9,11). The van der Waals surface area contributed by atoms with Crippen LogP contribution in [0.4, 0.5) is 4.79 Å². The van der Waals surface area contributed by atoms with E-state index in [0.29, 0.717) is 11.4 Å². The van der Waals surface area contributed by atoms with Crippen molar-refractivity contribution in [3.63, 3.8) is 0 Å². The fourth-order valence-electron chi connectivity index (χ4n) is 0.778. The minimum atomic E-state index is -0.863. The molecular weight excluding hydrogens is 158 g/mol. The van der Waals surface area contributed by atoms with Gasteiger partial charge < -0.3 is 16.2 Å². The number of carbonyl (C=O) groups excluding carboxylic acids is 1. The third kappa shape index (κ3) is 1.93. The maximum atomic E-state index is 10.4. The van der Waals surface area contributed by atoms with Crippen molar-refractivity contribution in [2.45, 2.75) is 6.54 Å². The summed E-state index contributed by atoms with van der Waals surface area (Å²) >= 11 is 0. The molecule has 1 rings (SSSR count). The molecule has 0 bridgehead atoms. The van der Waals surface area contributed by atoms with Gasteiger partial charge in [0, 0.05) is 12.7 Å². The molecule has 0 aliphatic heterocycles. The van der Waals surface area contributed by atoms with Crippen molar-refractivity contribution in [2.24, 2.45) is 11.5 Å². The van der Waals surface area contributed by atoms with Crippen LogP contribution in [-0.4, -0.2) is 11.1 Å². The minimum Gasteiger partial charge on any atom is -0.408 e. The summed E-state index contributed by atoms with van der Waals surface area (Å²) in [5.41, 5.74) is 10.7. The molecule has 4 N–H and O–H groups in total. The highest BCUT2D eigenvalue weighted by molar-refractivity contribution is 5.68. The predicted molar refractivity (Wildman–Crippen MR) is 42.3 cm³/mol. The van der Waals surface area contributed by atoms with E-state index in [4.69, 9.17) is 11.5 Å². The number of hydrogen-bond donors (Lipinski definition) is 2. The first-order valence-corrected chi connectivity index (χ1v) is 3.35. The van der Waals surface area contributed by atoms with Crippen molar-refractivity contribution < 1.29 is 9.53 Å². The van der Waals surface area contributed by atoms with E-state index in [2.05, 4.69) is 9.72 Å². The van der Waals surface area contributed by atoms with Gasteiger partial charge in [-0.3, -0.25) is 4.98 Å². The number of hydrogen-bond acceptors (Lipinski definition) is 4. The second-order valence-corrected chi connectivity index (χ2v) is 2.07. The van der Waals surface area contributed by atoms with Crippen LogP contribution < -0.4 is 16.2 Å². The summed E-state index contributed by atoms with van der Waals surface area (Å²) in [5, 5.41) is 0. The van der Waals surface area contributed by atoms with Crippen LogP contribution in [0.5, 0.6) is 5.75 Å². The lowest BCUT2D eigenvalue weighted by Gasteiger charge is -2.03. The Labute approximate surface area is 69.3 Å². The van der Waals surface area contributed by atoms with Crippen molar-refractivity contribution in [2.75, 3.05) is 0 Å². The van der Waals surface area contributed by atoms with Crippen LogP contribution in [0.3, 0.4) is 0 Å². The van der Waals surface area contributed by atoms with Gasteiger partial charge in [-0.25, -0.2) is 4.79 Å². The van der Waals surface area contributed by atoms with Gasteiger partial charge in [0.1, 0.15) is 0 Å². The molecule has 1 heterocycles. The number of aromatic nitrogens is 1. The van der Waals surface area contributed by atoms with Crippen molar-refractivity contribution in [1.29, 1.82) is 0 Å². The summed E-state index contributed by atoms with van der Waals surface area (Å²) in [6.45, 7) is 0.212. The molecule has 12 heavy (non-hydrogen) atoms. The number of ether oxygens (including phenoxy) is 1. The Bertz CT molecular complexity index is 288. The Hall–Kier alpha value is -1.62. The highest BCUT2D eigenvalue weighted by Crippen LogP contribution is 2.13. The normalized spacial score (nSPS) is 9.42. The molecule has 1 aromatic heterocycles. The van der Waals surface area contributed by atoms with Gasteiger partial charge >= 0.3 is 6.09 Å². The molecule has 0 fully saturated rings. The summed E-state index contributed by atoms with van der Waals surface area (Å²) in [5.74, 6) is 0.313. The lowest BCUT2D eigenvalue weighted by molar-refractivity contribution is 0.210. The molecule has 0 saturated heterocycles. The van der Waals surface area contributed by atoms with Gasteiger partial charge in [0.15, 0.2) is 5.75 Å². The van der Waals surface area contributed by atoms with Crippen LogP contribution in [-0.2, 0) is 6.54 Å². The van der Waals surface area contributed by atoms with Crippen molar-refractivity contribution in [1.82, 2.24) is 4.98 Å².